The topological polar surface area (TPSA) is 95.8 Å². The number of rotatable bonds is 11. The molecule has 8 heteroatoms. The van der Waals surface area contributed by atoms with Crippen LogP contribution in [0, 0.1) is 0 Å². The number of carbonyl (C=O) groups excluding carboxylic acids is 1. The molecule has 1 unspecified atom stereocenters. The molecule has 1 aliphatic rings. The summed E-state index contributed by atoms with van der Waals surface area (Å²) in [6, 6.07) is 14.2. The highest BCUT2D eigenvalue weighted by atomic mass is 16.5. The van der Waals surface area contributed by atoms with Gasteiger partial charge in [0.25, 0.3) is 0 Å². The molecule has 0 saturated carbocycles. The lowest BCUT2D eigenvalue weighted by molar-refractivity contribution is -0.151. The number of hydrogen-bond acceptors (Lipinski definition) is 8. The number of benzene rings is 2. The molecule has 0 spiro atoms. The zero-order valence-electron chi connectivity index (χ0n) is 17.7. The Morgan fingerprint density at radius 1 is 1.13 bits per heavy atom. The molecule has 2 aromatic carbocycles. The van der Waals surface area contributed by atoms with E-state index in [2.05, 4.69) is 4.99 Å². The maximum absolute atomic E-state index is 12.6. The highest BCUT2D eigenvalue weighted by molar-refractivity contribution is 6.01. The van der Waals surface area contributed by atoms with Gasteiger partial charge in [-0.2, -0.15) is 0 Å². The first kappa shape index (κ1) is 22.6. The van der Waals surface area contributed by atoms with E-state index in [1.807, 2.05) is 30.3 Å². The van der Waals surface area contributed by atoms with Crippen molar-refractivity contribution in [1.82, 2.24) is 0 Å². The SMILES string of the molecule is COCCOCCOc1ccc(C2=NC(C)(C(=O)OCc3ccccc3)CO2)c(O)c1. The first-order valence-electron chi connectivity index (χ1n) is 9.98. The van der Waals surface area contributed by atoms with Crippen molar-refractivity contribution in [1.29, 1.82) is 0 Å². The molecule has 0 bridgehead atoms. The van der Waals surface area contributed by atoms with Gasteiger partial charge in [0.15, 0.2) is 5.54 Å². The minimum atomic E-state index is -1.18. The van der Waals surface area contributed by atoms with Crippen LogP contribution in [0.1, 0.15) is 18.1 Å². The number of phenols is 1. The molecule has 3 rings (SSSR count). The van der Waals surface area contributed by atoms with Gasteiger partial charge in [-0.3, -0.25) is 0 Å². The van der Waals surface area contributed by atoms with Crippen molar-refractivity contribution in [2.24, 2.45) is 4.99 Å². The fraction of sp³-hybridized carbons (Fsp3) is 0.391. The van der Waals surface area contributed by atoms with Crippen molar-refractivity contribution in [3.63, 3.8) is 0 Å². The van der Waals surface area contributed by atoms with Crippen LogP contribution in [-0.2, 0) is 30.3 Å². The fourth-order valence-electron chi connectivity index (χ4n) is 2.86. The van der Waals surface area contributed by atoms with E-state index < -0.39 is 11.5 Å². The van der Waals surface area contributed by atoms with Gasteiger partial charge >= 0.3 is 5.97 Å². The first-order chi connectivity index (χ1) is 15.0. The molecule has 0 aliphatic carbocycles. The van der Waals surface area contributed by atoms with Gasteiger partial charge in [-0.15, -0.1) is 0 Å². The van der Waals surface area contributed by atoms with E-state index in [4.69, 9.17) is 23.7 Å². The molecule has 2 aromatic rings. The van der Waals surface area contributed by atoms with Gasteiger partial charge in [0.1, 0.15) is 31.3 Å². The summed E-state index contributed by atoms with van der Waals surface area (Å²) in [6.07, 6.45) is 0. The largest absolute Gasteiger partial charge is 0.507 e. The van der Waals surface area contributed by atoms with Crippen molar-refractivity contribution in [3.8, 4) is 11.5 Å². The number of ether oxygens (including phenoxy) is 5. The second-order valence-electron chi connectivity index (χ2n) is 7.17. The van der Waals surface area contributed by atoms with Crippen molar-refractivity contribution < 1.29 is 33.6 Å². The van der Waals surface area contributed by atoms with Gasteiger partial charge in [0, 0.05) is 13.2 Å². The number of phenolic OH excluding ortho intramolecular Hbond substituents is 1. The van der Waals surface area contributed by atoms with Crippen LogP contribution in [0.2, 0.25) is 0 Å². The Labute approximate surface area is 181 Å². The average Bonchev–Trinajstić information content (AvgIpc) is 3.18. The van der Waals surface area contributed by atoms with E-state index in [1.54, 1.807) is 26.2 Å². The summed E-state index contributed by atoms with van der Waals surface area (Å²) in [6.45, 7) is 3.60. The highest BCUT2D eigenvalue weighted by Gasteiger charge is 2.41. The molecule has 8 nitrogen and oxygen atoms in total. The van der Waals surface area contributed by atoms with E-state index in [1.165, 1.54) is 6.07 Å². The molecular weight excluding hydrogens is 402 g/mol. The number of nitrogens with zero attached hydrogens (tertiary/aromatic N) is 1. The van der Waals surface area contributed by atoms with Crippen LogP contribution < -0.4 is 4.74 Å². The Balaban J connectivity index is 1.57. The molecule has 0 fully saturated rings. The summed E-state index contributed by atoms with van der Waals surface area (Å²) in [5.74, 6) is 0.129. The molecular formula is C23H27NO7. The zero-order chi connectivity index (χ0) is 22.1. The van der Waals surface area contributed by atoms with Crippen molar-refractivity contribution >= 4 is 11.9 Å². The van der Waals surface area contributed by atoms with Crippen LogP contribution in [0.25, 0.3) is 0 Å². The molecule has 1 heterocycles. The third kappa shape index (κ3) is 6.19. The van der Waals surface area contributed by atoms with Crippen LogP contribution in [-0.4, -0.2) is 62.7 Å². The molecule has 1 aliphatic heterocycles. The Morgan fingerprint density at radius 3 is 2.65 bits per heavy atom. The van der Waals surface area contributed by atoms with Crippen LogP contribution in [0.3, 0.4) is 0 Å². The van der Waals surface area contributed by atoms with Gasteiger partial charge in [0.05, 0.1) is 25.4 Å². The maximum Gasteiger partial charge on any atom is 0.337 e. The predicted molar refractivity (Wildman–Crippen MR) is 113 cm³/mol. The summed E-state index contributed by atoms with van der Waals surface area (Å²) < 4.78 is 26.8. The molecule has 31 heavy (non-hydrogen) atoms. The van der Waals surface area contributed by atoms with Crippen molar-refractivity contribution in [3.05, 3.63) is 59.7 Å². The summed E-state index contributed by atoms with van der Waals surface area (Å²) in [7, 11) is 1.61. The predicted octanol–water partition coefficient (Wildman–Crippen LogP) is 2.71. The number of carbonyl (C=O) groups is 1. The summed E-state index contributed by atoms with van der Waals surface area (Å²) in [5, 5.41) is 10.4. The second kappa shape index (κ2) is 10.8. The summed E-state index contributed by atoms with van der Waals surface area (Å²) >= 11 is 0. The molecule has 166 valence electrons. The van der Waals surface area contributed by atoms with Gasteiger partial charge in [-0.05, 0) is 24.6 Å². The van der Waals surface area contributed by atoms with E-state index in [9.17, 15) is 9.90 Å². The summed E-state index contributed by atoms with van der Waals surface area (Å²) in [4.78, 5) is 16.9. The van der Waals surface area contributed by atoms with E-state index in [0.29, 0.717) is 37.7 Å². The Kier molecular flexibility index (Phi) is 7.86. The van der Waals surface area contributed by atoms with Crippen LogP contribution >= 0.6 is 0 Å². The standard InChI is InChI=1S/C23H27NO7/c1-23(22(26)30-15-17-6-4-3-5-7-17)16-31-21(24-23)19-9-8-18(14-20(19)25)29-13-12-28-11-10-27-2/h3-9,14,25H,10-13,15-16H2,1-2H3. The van der Waals surface area contributed by atoms with Crippen molar-refractivity contribution in [2.45, 2.75) is 19.1 Å². The molecule has 1 N–H and O–H groups in total. The number of aliphatic imine (C=N–C) groups is 1. The monoisotopic (exact) mass is 429 g/mol. The maximum atomic E-state index is 12.6. The number of esters is 1. The zero-order valence-corrected chi connectivity index (χ0v) is 17.7. The second-order valence-corrected chi connectivity index (χ2v) is 7.17. The van der Waals surface area contributed by atoms with E-state index in [0.717, 1.165) is 5.56 Å². The van der Waals surface area contributed by atoms with E-state index in [-0.39, 0.29) is 24.9 Å². The molecule has 0 radical (unpaired) electrons. The molecule has 0 aromatic heterocycles. The smallest absolute Gasteiger partial charge is 0.337 e. The first-order valence-corrected chi connectivity index (χ1v) is 9.98. The van der Waals surface area contributed by atoms with Gasteiger partial charge in [-0.25, -0.2) is 9.79 Å². The third-order valence-electron chi connectivity index (χ3n) is 4.62. The Morgan fingerprint density at radius 2 is 1.90 bits per heavy atom. The highest BCUT2D eigenvalue weighted by Crippen LogP contribution is 2.30. The van der Waals surface area contributed by atoms with Crippen LogP contribution in [0.4, 0.5) is 0 Å². The van der Waals surface area contributed by atoms with Gasteiger partial charge in [0.2, 0.25) is 5.90 Å². The average molecular weight is 429 g/mol. The minimum Gasteiger partial charge on any atom is -0.507 e. The normalized spacial score (nSPS) is 17.7. The lowest BCUT2D eigenvalue weighted by atomic mass is 10.1. The summed E-state index contributed by atoms with van der Waals surface area (Å²) in [5.41, 5.74) is 0.0915. The lowest BCUT2D eigenvalue weighted by Gasteiger charge is -2.16. The van der Waals surface area contributed by atoms with Crippen LogP contribution in [0.5, 0.6) is 11.5 Å². The fourth-order valence-corrected chi connectivity index (χ4v) is 2.86. The number of aromatic hydroxyl groups is 1. The van der Waals surface area contributed by atoms with Gasteiger partial charge in [-0.1, -0.05) is 30.3 Å². The number of hydrogen-bond donors (Lipinski definition) is 1. The van der Waals surface area contributed by atoms with Crippen molar-refractivity contribution in [2.75, 3.05) is 40.1 Å². The third-order valence-corrected chi connectivity index (χ3v) is 4.62. The Bertz CT molecular complexity index is 900. The quantitative estimate of drug-likeness (QED) is 0.433. The molecule has 1 atom stereocenters. The minimum absolute atomic E-state index is 0.0342. The molecule has 0 saturated heterocycles. The lowest BCUT2D eigenvalue weighted by Crippen LogP contribution is -2.36. The number of methoxy groups -OCH3 is 1. The van der Waals surface area contributed by atoms with E-state index >= 15 is 0 Å². The van der Waals surface area contributed by atoms with Gasteiger partial charge < -0.3 is 28.8 Å². The van der Waals surface area contributed by atoms with Crippen LogP contribution in [0.15, 0.2) is 53.5 Å². The molecule has 0 amide bonds. The Hall–Kier alpha value is -3.10.